The summed E-state index contributed by atoms with van der Waals surface area (Å²) in [5.41, 5.74) is 4.01. The van der Waals surface area contributed by atoms with E-state index in [1.165, 1.54) is 36.5 Å². The van der Waals surface area contributed by atoms with E-state index in [2.05, 4.69) is 120 Å². The number of aryl methyl sites for hydroxylation is 2. The minimum atomic E-state index is 0. The van der Waals surface area contributed by atoms with Gasteiger partial charge in [0.05, 0.1) is 0 Å². The van der Waals surface area contributed by atoms with Crippen LogP contribution in [-0.2, 0) is 18.2 Å². The van der Waals surface area contributed by atoms with Crippen LogP contribution in [0.15, 0.2) is 86.2 Å². The van der Waals surface area contributed by atoms with Crippen LogP contribution in [0, 0.1) is 6.92 Å². The minimum absolute atomic E-state index is 0. The van der Waals surface area contributed by atoms with Gasteiger partial charge < -0.3 is 6.92 Å². The molecule has 0 bridgehead atoms. The summed E-state index contributed by atoms with van der Waals surface area (Å²) in [6.07, 6.45) is 4.40. The van der Waals surface area contributed by atoms with Crippen molar-refractivity contribution in [2.45, 2.75) is 37.9 Å². The zero-order valence-corrected chi connectivity index (χ0v) is 24.0. The van der Waals surface area contributed by atoms with E-state index in [1.54, 1.807) is 0 Å². The van der Waals surface area contributed by atoms with Crippen LogP contribution in [0.25, 0.3) is 0 Å². The average molecular weight is 654 g/mol. The summed E-state index contributed by atoms with van der Waals surface area (Å²) in [7, 11) is 0. The van der Waals surface area contributed by atoms with Gasteiger partial charge in [-0.2, -0.15) is 6.42 Å². The van der Waals surface area contributed by atoms with E-state index >= 15 is 0 Å². The van der Waals surface area contributed by atoms with Gasteiger partial charge in [0.15, 0.2) is 0 Å². The summed E-state index contributed by atoms with van der Waals surface area (Å²) in [5.74, 6) is 0. The average Bonchev–Trinajstić information content (AvgIpc) is 2.75. The molecule has 0 fully saturated rings. The molecule has 0 radical (unpaired) electrons. The maximum Gasteiger partial charge on any atom is 1.00 e. The molecule has 0 atom stereocenters. The first kappa shape index (κ1) is 30.2. The molecule has 0 nitrogen and oxygen atoms in total. The summed E-state index contributed by atoms with van der Waals surface area (Å²) in [6, 6.07) is 24.9. The van der Waals surface area contributed by atoms with Crippen molar-refractivity contribution in [1.29, 1.82) is 0 Å². The quantitative estimate of drug-likeness (QED) is 0.159. The van der Waals surface area contributed by atoms with Gasteiger partial charge in [0.1, 0.15) is 0 Å². The Morgan fingerprint density at radius 3 is 1.17 bits per heavy atom. The minimum Gasteiger partial charge on any atom is -0.343 e. The van der Waals surface area contributed by atoms with E-state index < -0.39 is 0 Å². The number of hydrogen-bond acceptors (Lipinski definition) is 0. The third-order valence-electron chi connectivity index (χ3n) is 4.03. The Bertz CT molecular complexity index is 789. The van der Waals surface area contributed by atoms with Crippen molar-refractivity contribution in [3.63, 3.8) is 0 Å². The maximum absolute atomic E-state index is 3.60. The van der Waals surface area contributed by atoms with Crippen molar-refractivity contribution in [3.05, 3.63) is 110 Å². The molecule has 0 aliphatic rings. The van der Waals surface area contributed by atoms with Crippen LogP contribution in [0.5, 0.6) is 0 Å². The molecular weight excluding hydrogens is 627 g/mol. The second-order valence-electron chi connectivity index (χ2n) is 6.26. The Morgan fingerprint density at radius 1 is 0.633 bits per heavy atom. The first-order valence-electron chi connectivity index (χ1n) is 9.58. The molecule has 0 heterocycles. The van der Waals surface area contributed by atoms with Gasteiger partial charge in [0, 0.05) is 18.7 Å². The van der Waals surface area contributed by atoms with Crippen molar-refractivity contribution >= 4 is 63.7 Å². The van der Waals surface area contributed by atoms with Crippen molar-refractivity contribution in [2.24, 2.45) is 0 Å². The number of benzene rings is 3. The van der Waals surface area contributed by atoms with Gasteiger partial charge in [-0.3, -0.25) is 0 Å². The third-order valence-corrected chi connectivity index (χ3v) is 6.96. The smallest absolute Gasteiger partial charge is 0.343 e. The molecule has 0 aromatic heterocycles. The molecule has 30 heavy (non-hydrogen) atoms. The van der Waals surface area contributed by atoms with Gasteiger partial charge in [0.2, 0.25) is 0 Å². The summed E-state index contributed by atoms with van der Waals surface area (Å²) in [6.45, 7) is 5.72. The van der Waals surface area contributed by atoms with Crippen LogP contribution in [0.1, 0.15) is 36.5 Å². The fraction of sp³-hybridized carbons (Fsp3) is 0.240. The second kappa shape index (κ2) is 18.7. The van der Waals surface area contributed by atoms with E-state index in [-0.39, 0.29) is 18.9 Å². The standard InChI is InChI=1S/C14H12Br2.C7H6Br2.C4H9.Li/c15-13-7-3-1-5-11(13)9-10-12-6-2-4-8-14(12)16;8-5-6-3-1-2-4-7(6)9;1-3-4-2;/h1-8H,9-10H2;1-4H,5H2;1,3-4H2,2H3;/q;;-1;+1. The first-order chi connectivity index (χ1) is 14.0. The number of hydrogen-bond donors (Lipinski definition) is 0. The van der Waals surface area contributed by atoms with Crippen LogP contribution in [-0.4, -0.2) is 0 Å². The molecular formula is C25H27Br4Li. The molecule has 0 unspecified atom stereocenters. The fourth-order valence-corrected chi connectivity index (χ4v) is 4.53. The second-order valence-corrected chi connectivity index (χ2v) is 9.39. The molecule has 0 spiro atoms. The van der Waals surface area contributed by atoms with Crippen LogP contribution >= 0.6 is 63.7 Å². The Balaban J connectivity index is 0.000000510. The zero-order chi connectivity index (χ0) is 21.5. The summed E-state index contributed by atoms with van der Waals surface area (Å²) < 4.78 is 3.56. The van der Waals surface area contributed by atoms with Gasteiger partial charge >= 0.3 is 18.9 Å². The van der Waals surface area contributed by atoms with Gasteiger partial charge in [-0.05, 0) is 47.7 Å². The number of unbranched alkanes of at least 4 members (excludes halogenated alkanes) is 1. The Kier molecular flexibility index (Phi) is 18.8. The van der Waals surface area contributed by atoms with Crippen molar-refractivity contribution in [2.75, 3.05) is 0 Å². The van der Waals surface area contributed by atoms with E-state index in [4.69, 9.17) is 0 Å². The topological polar surface area (TPSA) is 0 Å². The normalized spacial score (nSPS) is 9.40. The summed E-state index contributed by atoms with van der Waals surface area (Å²) in [5, 5.41) is 0.911. The zero-order valence-electron chi connectivity index (χ0n) is 17.7. The summed E-state index contributed by atoms with van der Waals surface area (Å²) in [4.78, 5) is 0. The van der Waals surface area contributed by atoms with Crippen LogP contribution in [0.3, 0.4) is 0 Å². The number of halogens is 4. The molecule has 0 saturated carbocycles. The van der Waals surface area contributed by atoms with E-state index in [9.17, 15) is 0 Å². The van der Waals surface area contributed by atoms with Crippen LogP contribution in [0.2, 0.25) is 0 Å². The first-order valence-corrected chi connectivity index (χ1v) is 13.1. The number of rotatable bonds is 5. The van der Waals surface area contributed by atoms with Gasteiger partial charge in [-0.1, -0.05) is 132 Å². The van der Waals surface area contributed by atoms with Gasteiger partial charge in [-0.25, -0.2) is 0 Å². The Labute approximate surface area is 228 Å². The van der Waals surface area contributed by atoms with E-state index in [0.717, 1.165) is 24.6 Å². The largest absolute Gasteiger partial charge is 1.00 e. The molecule has 156 valence electrons. The molecule has 5 heteroatoms. The fourth-order valence-electron chi connectivity index (χ4n) is 2.28. The van der Waals surface area contributed by atoms with E-state index in [1.807, 2.05) is 30.3 Å². The van der Waals surface area contributed by atoms with Crippen molar-refractivity contribution in [1.82, 2.24) is 0 Å². The van der Waals surface area contributed by atoms with Crippen LogP contribution in [0.4, 0.5) is 0 Å². The maximum atomic E-state index is 3.60. The Hall–Kier alpha value is 0.177. The van der Waals surface area contributed by atoms with E-state index in [0.29, 0.717) is 0 Å². The predicted molar refractivity (Wildman–Crippen MR) is 143 cm³/mol. The molecule has 0 saturated heterocycles. The molecule has 0 aliphatic heterocycles. The molecule has 3 rings (SSSR count). The van der Waals surface area contributed by atoms with Gasteiger partial charge in [-0.15, -0.1) is 0 Å². The van der Waals surface area contributed by atoms with Crippen molar-refractivity contribution in [3.8, 4) is 0 Å². The molecule has 3 aromatic rings. The SMILES string of the molecule is BrCc1ccccc1Br.Brc1ccccc1CCc1ccccc1Br.[CH2-]CCC.[Li+]. The summed E-state index contributed by atoms with van der Waals surface area (Å²) >= 11 is 14.0. The molecule has 3 aromatic carbocycles. The molecule has 0 aliphatic carbocycles. The number of alkyl halides is 1. The molecule has 0 amide bonds. The van der Waals surface area contributed by atoms with Crippen molar-refractivity contribution < 1.29 is 18.9 Å². The third kappa shape index (κ3) is 12.3. The van der Waals surface area contributed by atoms with Gasteiger partial charge in [0.25, 0.3) is 0 Å². The molecule has 0 N–H and O–H groups in total. The predicted octanol–water partition coefficient (Wildman–Crippen LogP) is 6.97. The Morgan fingerprint density at radius 2 is 0.933 bits per heavy atom. The van der Waals surface area contributed by atoms with Crippen LogP contribution < -0.4 is 18.9 Å². The monoisotopic (exact) mass is 650 g/mol.